The third-order valence-electron chi connectivity index (χ3n) is 2.55. The lowest BCUT2D eigenvalue weighted by Crippen LogP contribution is -2.30. The molecule has 0 unspecified atom stereocenters. The number of rotatable bonds is 6. The smallest absolute Gasteiger partial charge is 0.251 e. The highest BCUT2D eigenvalue weighted by molar-refractivity contribution is 5.96. The normalized spacial score (nSPS) is 9.79. The molecular weight excluding hydrogens is 244 g/mol. The lowest BCUT2D eigenvalue weighted by Gasteiger charge is -2.10. The summed E-state index contributed by atoms with van der Waals surface area (Å²) in [7, 11) is 1.56. The molecule has 0 saturated heterocycles. The van der Waals surface area contributed by atoms with Crippen LogP contribution in [0.5, 0.6) is 0 Å². The van der Waals surface area contributed by atoms with E-state index in [0.717, 1.165) is 6.42 Å². The molecule has 0 heterocycles. The minimum atomic E-state index is -0.195. The Hall–Kier alpha value is -2.24. The van der Waals surface area contributed by atoms with Crippen LogP contribution in [0.4, 0.5) is 11.4 Å². The van der Waals surface area contributed by atoms with E-state index in [0.29, 0.717) is 23.5 Å². The van der Waals surface area contributed by atoms with E-state index in [1.54, 1.807) is 25.2 Å². The number of anilines is 2. The minimum absolute atomic E-state index is 0.0865. The molecule has 1 aromatic rings. The molecule has 0 aromatic heterocycles. The largest absolute Gasteiger partial charge is 0.397 e. The zero-order valence-electron chi connectivity index (χ0n) is 11.2. The molecule has 104 valence electrons. The summed E-state index contributed by atoms with van der Waals surface area (Å²) in [6.07, 6.45) is 0.898. The van der Waals surface area contributed by atoms with E-state index in [4.69, 9.17) is 5.73 Å². The summed E-state index contributed by atoms with van der Waals surface area (Å²) in [5.41, 5.74) is 7.39. The van der Waals surface area contributed by atoms with Gasteiger partial charge in [0.1, 0.15) is 0 Å². The van der Waals surface area contributed by atoms with Gasteiger partial charge in [0.25, 0.3) is 5.91 Å². The summed E-state index contributed by atoms with van der Waals surface area (Å²) < 4.78 is 0. The van der Waals surface area contributed by atoms with E-state index in [1.807, 2.05) is 6.92 Å². The van der Waals surface area contributed by atoms with Crippen LogP contribution in [0.15, 0.2) is 18.2 Å². The van der Waals surface area contributed by atoms with Crippen molar-refractivity contribution in [3.63, 3.8) is 0 Å². The Balaban J connectivity index is 2.60. The van der Waals surface area contributed by atoms with Crippen LogP contribution in [0, 0.1) is 0 Å². The van der Waals surface area contributed by atoms with Gasteiger partial charge in [-0.25, -0.2) is 0 Å². The van der Waals surface area contributed by atoms with Crippen LogP contribution in [0.25, 0.3) is 0 Å². The third-order valence-corrected chi connectivity index (χ3v) is 2.55. The molecule has 0 aliphatic carbocycles. The van der Waals surface area contributed by atoms with Crippen molar-refractivity contribution in [3.05, 3.63) is 23.8 Å². The monoisotopic (exact) mass is 264 g/mol. The topological polar surface area (TPSA) is 96.2 Å². The predicted octanol–water partition coefficient (Wildman–Crippen LogP) is 0.566. The number of nitrogens with one attached hydrogen (secondary N) is 3. The van der Waals surface area contributed by atoms with E-state index in [-0.39, 0.29) is 18.4 Å². The molecule has 0 aliphatic rings. The highest BCUT2D eigenvalue weighted by Gasteiger charge is 2.07. The summed E-state index contributed by atoms with van der Waals surface area (Å²) in [5.74, 6) is -0.282. The van der Waals surface area contributed by atoms with Crippen LogP contribution in [-0.2, 0) is 4.79 Å². The van der Waals surface area contributed by atoms with Crippen molar-refractivity contribution >= 4 is 23.2 Å². The molecule has 1 rings (SSSR count). The lowest BCUT2D eigenvalue weighted by molar-refractivity contribution is -0.119. The first-order chi connectivity index (χ1) is 9.08. The van der Waals surface area contributed by atoms with Crippen LogP contribution in [0.2, 0.25) is 0 Å². The Bertz CT molecular complexity index is 460. The second-order valence-electron chi connectivity index (χ2n) is 4.08. The number of carbonyl (C=O) groups is 2. The number of hydrogen-bond acceptors (Lipinski definition) is 4. The van der Waals surface area contributed by atoms with E-state index < -0.39 is 0 Å². The molecule has 6 nitrogen and oxygen atoms in total. The van der Waals surface area contributed by atoms with Crippen molar-refractivity contribution in [1.29, 1.82) is 0 Å². The van der Waals surface area contributed by atoms with E-state index >= 15 is 0 Å². The first-order valence-corrected chi connectivity index (χ1v) is 6.20. The minimum Gasteiger partial charge on any atom is -0.397 e. The van der Waals surface area contributed by atoms with Crippen LogP contribution in [0.1, 0.15) is 23.7 Å². The molecule has 0 fully saturated rings. The van der Waals surface area contributed by atoms with Crippen LogP contribution < -0.4 is 21.7 Å². The van der Waals surface area contributed by atoms with Gasteiger partial charge >= 0.3 is 0 Å². The fourth-order valence-electron chi connectivity index (χ4n) is 1.51. The number of nitrogens with two attached hydrogens (primary N) is 1. The van der Waals surface area contributed by atoms with Gasteiger partial charge < -0.3 is 21.7 Å². The molecule has 0 atom stereocenters. The average Bonchev–Trinajstić information content (AvgIpc) is 2.42. The maximum atomic E-state index is 11.4. The molecule has 0 saturated carbocycles. The van der Waals surface area contributed by atoms with Gasteiger partial charge in [-0.1, -0.05) is 6.92 Å². The second kappa shape index (κ2) is 7.25. The molecule has 5 N–H and O–H groups in total. The number of carbonyl (C=O) groups excluding carboxylic acids is 2. The van der Waals surface area contributed by atoms with Gasteiger partial charge in [-0.2, -0.15) is 0 Å². The first-order valence-electron chi connectivity index (χ1n) is 6.20. The van der Waals surface area contributed by atoms with Gasteiger partial charge in [0.15, 0.2) is 0 Å². The highest BCUT2D eigenvalue weighted by atomic mass is 16.2. The molecular formula is C13H20N4O2. The molecule has 0 radical (unpaired) electrons. The van der Waals surface area contributed by atoms with Crippen molar-refractivity contribution in [1.82, 2.24) is 10.6 Å². The fraction of sp³-hybridized carbons (Fsp3) is 0.385. The molecule has 19 heavy (non-hydrogen) atoms. The zero-order chi connectivity index (χ0) is 14.3. The molecule has 0 bridgehead atoms. The number of amides is 2. The van der Waals surface area contributed by atoms with Crippen LogP contribution in [-0.4, -0.2) is 32.0 Å². The SMILES string of the molecule is CCCNC(=O)CNc1ccc(C(=O)NC)cc1N. The van der Waals surface area contributed by atoms with Gasteiger partial charge in [-0.05, 0) is 24.6 Å². The van der Waals surface area contributed by atoms with Gasteiger partial charge in [0.2, 0.25) is 5.91 Å². The Morgan fingerprint density at radius 2 is 2.05 bits per heavy atom. The van der Waals surface area contributed by atoms with Gasteiger partial charge in [0, 0.05) is 19.2 Å². The summed E-state index contributed by atoms with van der Waals surface area (Å²) in [4.78, 5) is 22.8. The third kappa shape index (κ3) is 4.50. The summed E-state index contributed by atoms with van der Waals surface area (Å²) in [6, 6.07) is 4.92. The zero-order valence-corrected chi connectivity index (χ0v) is 11.2. The maximum Gasteiger partial charge on any atom is 0.251 e. The number of benzene rings is 1. The van der Waals surface area contributed by atoms with Crippen molar-refractivity contribution in [2.75, 3.05) is 31.2 Å². The van der Waals surface area contributed by atoms with Crippen LogP contribution in [0.3, 0.4) is 0 Å². The average molecular weight is 264 g/mol. The Labute approximate surface area is 112 Å². The molecule has 1 aromatic carbocycles. The summed E-state index contributed by atoms with van der Waals surface area (Å²) in [6.45, 7) is 2.80. The second-order valence-corrected chi connectivity index (χ2v) is 4.08. The van der Waals surface area contributed by atoms with E-state index in [1.165, 1.54) is 0 Å². The van der Waals surface area contributed by atoms with Gasteiger partial charge in [-0.15, -0.1) is 0 Å². The van der Waals surface area contributed by atoms with E-state index in [9.17, 15) is 9.59 Å². The highest BCUT2D eigenvalue weighted by Crippen LogP contribution is 2.19. The van der Waals surface area contributed by atoms with E-state index in [2.05, 4.69) is 16.0 Å². The fourth-order valence-corrected chi connectivity index (χ4v) is 1.51. The Morgan fingerprint density at radius 3 is 2.63 bits per heavy atom. The van der Waals surface area contributed by atoms with Crippen LogP contribution >= 0.6 is 0 Å². The Kier molecular flexibility index (Phi) is 5.66. The summed E-state index contributed by atoms with van der Waals surface area (Å²) >= 11 is 0. The number of nitrogen functional groups attached to an aromatic ring is 1. The lowest BCUT2D eigenvalue weighted by atomic mass is 10.1. The molecule has 6 heteroatoms. The Morgan fingerprint density at radius 1 is 1.32 bits per heavy atom. The quantitative estimate of drug-likeness (QED) is 0.565. The predicted molar refractivity (Wildman–Crippen MR) is 76.0 cm³/mol. The van der Waals surface area contributed by atoms with Crippen molar-refractivity contribution in [2.24, 2.45) is 0 Å². The maximum absolute atomic E-state index is 11.4. The molecule has 0 spiro atoms. The van der Waals surface area contributed by atoms with Crippen molar-refractivity contribution < 1.29 is 9.59 Å². The van der Waals surface area contributed by atoms with Gasteiger partial charge in [-0.3, -0.25) is 9.59 Å². The van der Waals surface area contributed by atoms with Gasteiger partial charge in [0.05, 0.1) is 17.9 Å². The molecule has 0 aliphatic heterocycles. The summed E-state index contributed by atoms with van der Waals surface area (Å²) in [5, 5.41) is 8.21. The van der Waals surface area contributed by atoms with Crippen molar-refractivity contribution in [3.8, 4) is 0 Å². The molecule has 2 amide bonds. The number of hydrogen-bond donors (Lipinski definition) is 4. The van der Waals surface area contributed by atoms with Crippen molar-refractivity contribution in [2.45, 2.75) is 13.3 Å². The standard InChI is InChI=1S/C13H20N4O2/c1-3-6-16-12(18)8-17-11-5-4-9(7-10(11)14)13(19)15-2/h4-5,7,17H,3,6,8,14H2,1-2H3,(H,15,19)(H,16,18). The first kappa shape index (κ1) is 14.8.